The number of benzene rings is 1. The highest BCUT2D eigenvalue weighted by atomic mass is 127. The minimum absolute atomic E-state index is 0.637. The van der Waals surface area contributed by atoms with E-state index in [1.807, 2.05) is 16.8 Å². The molecule has 0 aliphatic heterocycles. The molecule has 1 saturated carbocycles. The molecule has 1 aliphatic carbocycles. The Morgan fingerprint density at radius 3 is 2.64 bits per heavy atom. The van der Waals surface area contributed by atoms with Crippen LogP contribution in [0, 0.1) is 0 Å². The van der Waals surface area contributed by atoms with Gasteiger partial charge < -0.3 is 0 Å². The summed E-state index contributed by atoms with van der Waals surface area (Å²) in [5.41, 5.74) is 5.84. The van der Waals surface area contributed by atoms with E-state index < -0.39 is 0 Å². The van der Waals surface area contributed by atoms with Crippen LogP contribution in [0.4, 0.5) is 0 Å². The van der Waals surface area contributed by atoms with Gasteiger partial charge in [-0.15, -0.1) is 0 Å². The molecule has 2 heterocycles. The molecule has 0 spiro atoms. The molecule has 0 amide bonds. The molecule has 4 rings (SSSR count). The van der Waals surface area contributed by atoms with E-state index in [2.05, 4.69) is 58.0 Å². The summed E-state index contributed by atoms with van der Waals surface area (Å²) in [5.74, 6) is 0.637. The van der Waals surface area contributed by atoms with Crippen LogP contribution in [-0.2, 0) is 4.43 Å². The van der Waals surface area contributed by atoms with Gasteiger partial charge in [0.05, 0.1) is 17.6 Å². The van der Waals surface area contributed by atoms with Crippen LogP contribution in [0.3, 0.4) is 0 Å². The van der Waals surface area contributed by atoms with Crippen molar-refractivity contribution in [2.45, 2.75) is 36.0 Å². The van der Waals surface area contributed by atoms with Crippen molar-refractivity contribution >= 4 is 28.2 Å². The Morgan fingerprint density at radius 2 is 1.91 bits per heavy atom. The molecule has 0 radical (unpaired) electrons. The van der Waals surface area contributed by atoms with Gasteiger partial charge in [-0.25, -0.2) is 9.50 Å². The summed E-state index contributed by atoms with van der Waals surface area (Å²) < 4.78 is 2.97. The van der Waals surface area contributed by atoms with Crippen LogP contribution in [0.25, 0.3) is 16.9 Å². The molecule has 0 saturated heterocycles. The molecule has 112 valence electrons. The SMILES string of the molecule is ICc1cc(-c2ccccc2)nc2c(C3CCCC3)cnn12. The maximum Gasteiger partial charge on any atom is 0.159 e. The van der Waals surface area contributed by atoms with Crippen LogP contribution in [0.2, 0.25) is 0 Å². The Hall–Kier alpha value is -1.43. The van der Waals surface area contributed by atoms with E-state index in [1.54, 1.807) is 0 Å². The molecular weight excluding hydrogens is 385 g/mol. The van der Waals surface area contributed by atoms with Gasteiger partial charge >= 0.3 is 0 Å². The summed E-state index contributed by atoms with van der Waals surface area (Å²) in [6, 6.07) is 12.6. The lowest BCUT2D eigenvalue weighted by Crippen LogP contribution is -2.01. The Kier molecular flexibility index (Phi) is 3.86. The Morgan fingerprint density at radius 1 is 1.14 bits per heavy atom. The van der Waals surface area contributed by atoms with Crippen molar-refractivity contribution < 1.29 is 0 Å². The predicted molar refractivity (Wildman–Crippen MR) is 97.4 cm³/mol. The van der Waals surface area contributed by atoms with Crippen molar-refractivity contribution in [1.82, 2.24) is 14.6 Å². The normalized spacial score (nSPS) is 15.7. The van der Waals surface area contributed by atoms with Crippen LogP contribution in [0.5, 0.6) is 0 Å². The fraction of sp³-hybridized carbons (Fsp3) is 0.333. The van der Waals surface area contributed by atoms with Gasteiger partial charge in [0.15, 0.2) is 5.65 Å². The number of hydrogen-bond acceptors (Lipinski definition) is 2. The standard InChI is InChI=1S/C18H18IN3/c19-11-15-10-17(14-8-2-1-3-9-14)21-18-16(12-20-22(15)18)13-6-4-5-7-13/h1-3,8-10,12-13H,4-7,11H2. The lowest BCUT2D eigenvalue weighted by Gasteiger charge is -2.10. The first-order chi connectivity index (χ1) is 10.9. The van der Waals surface area contributed by atoms with Crippen LogP contribution in [-0.4, -0.2) is 14.6 Å². The number of halogens is 1. The van der Waals surface area contributed by atoms with E-state index in [4.69, 9.17) is 4.98 Å². The Balaban J connectivity index is 1.90. The Labute approximate surface area is 143 Å². The minimum atomic E-state index is 0.637. The summed E-state index contributed by atoms with van der Waals surface area (Å²) in [7, 11) is 0. The summed E-state index contributed by atoms with van der Waals surface area (Å²) in [4.78, 5) is 4.96. The lowest BCUT2D eigenvalue weighted by molar-refractivity contribution is 0.727. The van der Waals surface area contributed by atoms with Gasteiger partial charge in [-0.2, -0.15) is 5.10 Å². The molecule has 1 aliphatic rings. The maximum absolute atomic E-state index is 4.96. The third-order valence-electron chi connectivity index (χ3n) is 4.57. The monoisotopic (exact) mass is 403 g/mol. The number of aromatic nitrogens is 3. The van der Waals surface area contributed by atoms with Gasteiger partial charge in [-0.05, 0) is 24.8 Å². The van der Waals surface area contributed by atoms with Crippen molar-refractivity contribution in [3.63, 3.8) is 0 Å². The molecule has 0 atom stereocenters. The second kappa shape index (κ2) is 5.99. The lowest BCUT2D eigenvalue weighted by atomic mass is 10.0. The molecule has 3 aromatic rings. The second-order valence-electron chi connectivity index (χ2n) is 5.95. The Bertz CT molecular complexity index is 789. The number of alkyl halides is 1. The van der Waals surface area contributed by atoms with Gasteiger partial charge in [0.25, 0.3) is 0 Å². The van der Waals surface area contributed by atoms with Crippen LogP contribution in [0.15, 0.2) is 42.6 Å². The average molecular weight is 403 g/mol. The van der Waals surface area contributed by atoms with Crippen molar-refractivity contribution in [2.24, 2.45) is 0 Å². The quantitative estimate of drug-likeness (QED) is 0.456. The highest BCUT2D eigenvalue weighted by molar-refractivity contribution is 14.1. The number of rotatable bonds is 3. The van der Waals surface area contributed by atoms with E-state index in [-0.39, 0.29) is 0 Å². The summed E-state index contributed by atoms with van der Waals surface area (Å²) >= 11 is 2.41. The fourth-order valence-corrected chi connectivity index (χ4v) is 3.96. The van der Waals surface area contributed by atoms with E-state index >= 15 is 0 Å². The largest absolute Gasteiger partial charge is 0.228 e. The molecule has 4 heteroatoms. The minimum Gasteiger partial charge on any atom is -0.228 e. The molecule has 3 nitrogen and oxygen atoms in total. The molecule has 0 bridgehead atoms. The van der Waals surface area contributed by atoms with Crippen LogP contribution >= 0.6 is 22.6 Å². The molecule has 0 unspecified atom stereocenters. The summed E-state index contributed by atoms with van der Waals surface area (Å²) in [6.07, 6.45) is 7.26. The molecule has 0 N–H and O–H groups in total. The van der Waals surface area contributed by atoms with E-state index in [9.17, 15) is 0 Å². The average Bonchev–Trinajstić information content (AvgIpc) is 3.23. The number of hydrogen-bond donors (Lipinski definition) is 0. The predicted octanol–water partition coefficient (Wildman–Crippen LogP) is 4.99. The maximum atomic E-state index is 4.96. The highest BCUT2D eigenvalue weighted by Crippen LogP contribution is 2.36. The summed E-state index contributed by atoms with van der Waals surface area (Å²) in [6.45, 7) is 0. The van der Waals surface area contributed by atoms with Crippen molar-refractivity contribution in [1.29, 1.82) is 0 Å². The molecule has 22 heavy (non-hydrogen) atoms. The van der Waals surface area contributed by atoms with Crippen LogP contribution in [0.1, 0.15) is 42.9 Å². The van der Waals surface area contributed by atoms with Gasteiger partial charge in [-0.1, -0.05) is 65.8 Å². The van der Waals surface area contributed by atoms with Gasteiger partial charge in [-0.3, -0.25) is 0 Å². The van der Waals surface area contributed by atoms with Gasteiger partial charge in [0, 0.05) is 15.6 Å². The first-order valence-electron chi connectivity index (χ1n) is 7.86. The zero-order valence-electron chi connectivity index (χ0n) is 12.4. The van der Waals surface area contributed by atoms with Crippen molar-refractivity contribution in [3.8, 4) is 11.3 Å². The topological polar surface area (TPSA) is 30.2 Å². The first-order valence-corrected chi connectivity index (χ1v) is 9.38. The molecular formula is C18H18IN3. The zero-order valence-corrected chi connectivity index (χ0v) is 14.5. The van der Waals surface area contributed by atoms with Crippen molar-refractivity contribution in [2.75, 3.05) is 0 Å². The smallest absolute Gasteiger partial charge is 0.159 e. The van der Waals surface area contributed by atoms with Gasteiger partial charge in [0.1, 0.15) is 0 Å². The number of nitrogens with zero attached hydrogens (tertiary/aromatic N) is 3. The first kappa shape index (κ1) is 14.2. The number of fused-ring (bicyclic) bond motifs is 1. The van der Waals surface area contributed by atoms with E-state index in [1.165, 1.54) is 42.5 Å². The molecule has 1 aromatic carbocycles. The van der Waals surface area contributed by atoms with E-state index in [0.717, 1.165) is 15.8 Å². The van der Waals surface area contributed by atoms with E-state index in [0.29, 0.717) is 5.92 Å². The highest BCUT2D eigenvalue weighted by Gasteiger charge is 2.22. The van der Waals surface area contributed by atoms with Gasteiger partial charge in [0.2, 0.25) is 0 Å². The fourth-order valence-electron chi connectivity index (χ4n) is 3.42. The zero-order chi connectivity index (χ0) is 14.9. The third-order valence-corrected chi connectivity index (χ3v) is 5.36. The second-order valence-corrected chi connectivity index (χ2v) is 6.71. The van der Waals surface area contributed by atoms with Crippen molar-refractivity contribution in [3.05, 3.63) is 53.9 Å². The van der Waals surface area contributed by atoms with Crippen LogP contribution < -0.4 is 0 Å². The molecule has 2 aromatic heterocycles. The summed E-state index contributed by atoms with van der Waals surface area (Å²) in [5, 5.41) is 4.62. The third kappa shape index (κ3) is 2.43. The molecule has 1 fully saturated rings.